The van der Waals surface area contributed by atoms with Gasteiger partial charge < -0.3 is 9.47 Å². The van der Waals surface area contributed by atoms with Crippen molar-refractivity contribution in [2.45, 2.75) is 37.9 Å². The highest BCUT2D eigenvalue weighted by Crippen LogP contribution is 2.38. The molecule has 0 bridgehead atoms. The summed E-state index contributed by atoms with van der Waals surface area (Å²) in [6, 6.07) is 7.98. The van der Waals surface area contributed by atoms with Crippen molar-refractivity contribution in [3.05, 3.63) is 83.2 Å². The first-order chi connectivity index (χ1) is 15.6. The van der Waals surface area contributed by atoms with E-state index >= 15 is 0 Å². The largest absolute Gasteiger partial charge is 0.490 e. The third-order valence-corrected chi connectivity index (χ3v) is 5.33. The first-order valence-electron chi connectivity index (χ1n) is 10.1. The molecule has 0 radical (unpaired) electrons. The van der Waals surface area contributed by atoms with E-state index in [0.717, 1.165) is 25.7 Å². The second-order valence-electron chi connectivity index (χ2n) is 7.68. The van der Waals surface area contributed by atoms with Gasteiger partial charge in [-0.25, -0.2) is 22.0 Å². The van der Waals surface area contributed by atoms with E-state index in [1.807, 2.05) is 0 Å². The fraction of sp³-hybridized carbons (Fsp3) is 0.250. The summed E-state index contributed by atoms with van der Waals surface area (Å²) in [4.78, 5) is 0. The van der Waals surface area contributed by atoms with Gasteiger partial charge in [0.15, 0.2) is 17.5 Å². The Morgan fingerprint density at radius 3 is 1.76 bits per heavy atom. The molecule has 0 N–H and O–H groups in total. The number of rotatable bonds is 6. The zero-order valence-electron chi connectivity index (χ0n) is 17.0. The normalized spacial score (nSPS) is 14.5. The Bertz CT molecular complexity index is 1110. The van der Waals surface area contributed by atoms with E-state index in [-0.39, 0.29) is 23.8 Å². The number of hydrogen-bond acceptors (Lipinski definition) is 2. The Morgan fingerprint density at radius 2 is 1.21 bits per heavy atom. The van der Waals surface area contributed by atoms with Crippen LogP contribution in [0.3, 0.4) is 0 Å². The van der Waals surface area contributed by atoms with Gasteiger partial charge >= 0.3 is 6.11 Å². The van der Waals surface area contributed by atoms with Gasteiger partial charge in [-0.3, -0.25) is 0 Å². The van der Waals surface area contributed by atoms with E-state index in [1.165, 1.54) is 12.1 Å². The number of hydrogen-bond donors (Lipinski definition) is 0. The third kappa shape index (κ3) is 4.91. The Kier molecular flexibility index (Phi) is 6.23. The number of ether oxygens (including phenoxy) is 2. The molecule has 1 aliphatic rings. The maximum atomic E-state index is 14.5. The molecule has 0 amide bonds. The van der Waals surface area contributed by atoms with Crippen molar-refractivity contribution in [3.8, 4) is 22.6 Å². The Hall–Kier alpha value is -3.23. The van der Waals surface area contributed by atoms with Gasteiger partial charge in [0.2, 0.25) is 0 Å². The highest BCUT2D eigenvalue weighted by atomic mass is 19.3. The molecule has 1 saturated carbocycles. The lowest BCUT2D eigenvalue weighted by Crippen LogP contribution is -2.25. The van der Waals surface area contributed by atoms with Crippen molar-refractivity contribution >= 4 is 0 Å². The number of halogens is 7. The van der Waals surface area contributed by atoms with E-state index < -0.39 is 46.5 Å². The molecule has 3 aromatic carbocycles. The lowest BCUT2D eigenvalue weighted by molar-refractivity contribution is -0.189. The van der Waals surface area contributed by atoms with Crippen molar-refractivity contribution in [2.75, 3.05) is 0 Å². The minimum absolute atomic E-state index is 0.0177. The van der Waals surface area contributed by atoms with Gasteiger partial charge in [0.1, 0.15) is 28.7 Å². The predicted molar refractivity (Wildman–Crippen MR) is 106 cm³/mol. The predicted octanol–water partition coefficient (Wildman–Crippen LogP) is 7.50. The van der Waals surface area contributed by atoms with Crippen LogP contribution in [0.2, 0.25) is 0 Å². The lowest BCUT2D eigenvalue weighted by atomic mass is 10.0. The minimum atomic E-state index is -4.64. The van der Waals surface area contributed by atoms with Gasteiger partial charge in [-0.15, -0.1) is 0 Å². The monoisotopic (exact) mass is 470 g/mol. The van der Waals surface area contributed by atoms with Crippen molar-refractivity contribution in [3.63, 3.8) is 0 Å². The molecule has 0 aliphatic heterocycles. The fourth-order valence-corrected chi connectivity index (χ4v) is 3.73. The molecular weight excluding hydrogens is 453 g/mol. The molecule has 0 unspecified atom stereocenters. The highest BCUT2D eigenvalue weighted by molar-refractivity contribution is 5.65. The molecule has 1 fully saturated rings. The topological polar surface area (TPSA) is 18.5 Å². The maximum Gasteiger partial charge on any atom is 0.432 e. The van der Waals surface area contributed by atoms with E-state index in [2.05, 4.69) is 4.74 Å². The van der Waals surface area contributed by atoms with Crippen molar-refractivity contribution in [1.82, 2.24) is 0 Å². The summed E-state index contributed by atoms with van der Waals surface area (Å²) in [5.41, 5.74) is -1.42. The molecule has 3 aromatic rings. The molecule has 2 nitrogen and oxygen atoms in total. The molecule has 0 saturated heterocycles. The zero-order chi connectivity index (χ0) is 23.8. The van der Waals surface area contributed by atoms with E-state index in [9.17, 15) is 30.7 Å². The van der Waals surface area contributed by atoms with Gasteiger partial charge in [-0.05, 0) is 61.1 Å². The van der Waals surface area contributed by atoms with Crippen LogP contribution >= 0.6 is 0 Å². The van der Waals surface area contributed by atoms with Gasteiger partial charge in [0, 0.05) is 12.1 Å². The van der Waals surface area contributed by atoms with Crippen LogP contribution in [0.25, 0.3) is 11.1 Å². The average molecular weight is 470 g/mol. The molecule has 0 atom stereocenters. The molecule has 33 heavy (non-hydrogen) atoms. The summed E-state index contributed by atoms with van der Waals surface area (Å²) < 4.78 is 107. The van der Waals surface area contributed by atoms with Crippen LogP contribution in [0.1, 0.15) is 31.2 Å². The number of alkyl halides is 2. The fourth-order valence-electron chi connectivity index (χ4n) is 3.73. The van der Waals surface area contributed by atoms with Crippen LogP contribution < -0.4 is 9.47 Å². The lowest BCUT2D eigenvalue weighted by Gasteiger charge is -2.20. The van der Waals surface area contributed by atoms with Crippen molar-refractivity contribution in [1.29, 1.82) is 0 Å². The molecule has 9 heteroatoms. The van der Waals surface area contributed by atoms with Gasteiger partial charge in [-0.1, -0.05) is 12.1 Å². The van der Waals surface area contributed by atoms with Crippen LogP contribution in [0.4, 0.5) is 30.7 Å². The molecular formula is C24H17F7O2. The van der Waals surface area contributed by atoms with Gasteiger partial charge in [0.25, 0.3) is 0 Å². The Balaban J connectivity index is 1.57. The summed E-state index contributed by atoms with van der Waals surface area (Å²) in [7, 11) is 0. The summed E-state index contributed by atoms with van der Waals surface area (Å²) in [6.07, 6.45) is -0.432. The Morgan fingerprint density at radius 1 is 0.667 bits per heavy atom. The zero-order valence-corrected chi connectivity index (χ0v) is 17.0. The molecule has 4 rings (SSSR count). The Labute approximate surface area is 184 Å². The molecule has 0 aromatic heterocycles. The average Bonchev–Trinajstić information content (AvgIpc) is 3.24. The van der Waals surface area contributed by atoms with Gasteiger partial charge in [-0.2, -0.15) is 8.78 Å². The first kappa shape index (κ1) is 22.9. The van der Waals surface area contributed by atoms with Gasteiger partial charge in [0.05, 0.1) is 6.10 Å². The standard InChI is InChI=1S/C24H17F7O2/c25-18-9-14(13-5-7-16(8-6-13)32-15-3-1-2-4-15)10-19(26)22(18)24(30,31)33-17-11-20(27)23(29)21(28)12-17/h5-12,15H,1-4H2. The quantitative estimate of drug-likeness (QED) is 0.274. The minimum Gasteiger partial charge on any atom is -0.490 e. The van der Waals surface area contributed by atoms with Crippen LogP contribution in [-0.2, 0) is 6.11 Å². The number of benzene rings is 3. The first-order valence-corrected chi connectivity index (χ1v) is 10.1. The summed E-state index contributed by atoms with van der Waals surface area (Å²) in [5.74, 6) is -9.31. The molecule has 174 valence electrons. The van der Waals surface area contributed by atoms with E-state index in [0.29, 0.717) is 23.4 Å². The second-order valence-corrected chi connectivity index (χ2v) is 7.68. The van der Waals surface area contributed by atoms with Crippen LogP contribution in [0.15, 0.2) is 48.5 Å². The second kappa shape index (κ2) is 8.96. The van der Waals surface area contributed by atoms with Crippen LogP contribution in [-0.4, -0.2) is 6.10 Å². The van der Waals surface area contributed by atoms with Crippen molar-refractivity contribution < 1.29 is 40.2 Å². The van der Waals surface area contributed by atoms with Crippen molar-refractivity contribution in [2.24, 2.45) is 0 Å². The summed E-state index contributed by atoms with van der Waals surface area (Å²) >= 11 is 0. The third-order valence-electron chi connectivity index (χ3n) is 5.33. The maximum absolute atomic E-state index is 14.5. The van der Waals surface area contributed by atoms with Crippen LogP contribution in [0, 0.1) is 29.1 Å². The SMILES string of the molecule is Fc1cc(OC(F)(F)c2c(F)cc(-c3ccc(OC4CCCC4)cc3)cc2F)cc(F)c1F. The molecule has 0 spiro atoms. The summed E-state index contributed by atoms with van der Waals surface area (Å²) in [5, 5.41) is 0. The van der Waals surface area contributed by atoms with E-state index in [1.54, 1.807) is 12.1 Å². The molecule has 1 aliphatic carbocycles. The highest BCUT2D eigenvalue weighted by Gasteiger charge is 2.41. The van der Waals surface area contributed by atoms with Crippen LogP contribution in [0.5, 0.6) is 11.5 Å². The summed E-state index contributed by atoms with van der Waals surface area (Å²) in [6.45, 7) is 0. The smallest absolute Gasteiger partial charge is 0.432 e. The van der Waals surface area contributed by atoms with E-state index in [4.69, 9.17) is 4.74 Å². The molecule has 0 heterocycles.